The largest absolute Gasteiger partial charge is 0.477 e. The lowest BCUT2D eigenvalue weighted by Crippen LogP contribution is -2.05. The van der Waals surface area contributed by atoms with Crippen molar-refractivity contribution in [1.82, 2.24) is 15.0 Å². The predicted molar refractivity (Wildman–Crippen MR) is 65.6 cm³/mol. The number of nitrogens with zero attached hydrogens (tertiary/aromatic N) is 2. The Morgan fingerprint density at radius 3 is 2.83 bits per heavy atom. The fourth-order valence-corrected chi connectivity index (χ4v) is 2.05. The standard InChI is InChI=1S/C11H9N3O3S/c15-9-2-4-13-11(14-9)18-6-7-1-3-12-8(5-7)10(16)17/h1-5H,6H2,(H,16,17)(H,13,14,15). The second-order valence-electron chi connectivity index (χ2n) is 3.38. The summed E-state index contributed by atoms with van der Waals surface area (Å²) in [6, 6.07) is 4.55. The maximum absolute atomic E-state index is 11.0. The van der Waals surface area contributed by atoms with Gasteiger partial charge in [-0.1, -0.05) is 11.8 Å². The van der Waals surface area contributed by atoms with Crippen LogP contribution in [-0.2, 0) is 5.75 Å². The molecule has 2 aromatic rings. The molecule has 18 heavy (non-hydrogen) atoms. The molecule has 0 aromatic carbocycles. The number of rotatable bonds is 4. The summed E-state index contributed by atoms with van der Waals surface area (Å²) >= 11 is 1.32. The SMILES string of the molecule is O=C(O)c1cc(CSc2nccc(=O)[nH]2)ccn1. The summed E-state index contributed by atoms with van der Waals surface area (Å²) in [5.41, 5.74) is 0.593. The van der Waals surface area contributed by atoms with Crippen LogP contribution in [0.5, 0.6) is 0 Å². The van der Waals surface area contributed by atoms with Crippen LogP contribution in [-0.4, -0.2) is 26.0 Å². The van der Waals surface area contributed by atoms with E-state index in [0.717, 1.165) is 5.56 Å². The van der Waals surface area contributed by atoms with E-state index in [0.29, 0.717) is 10.9 Å². The Morgan fingerprint density at radius 1 is 1.33 bits per heavy atom. The number of aromatic nitrogens is 3. The van der Waals surface area contributed by atoms with Gasteiger partial charge in [0, 0.05) is 24.2 Å². The first-order valence-electron chi connectivity index (χ1n) is 5.01. The van der Waals surface area contributed by atoms with Crippen LogP contribution in [0.1, 0.15) is 16.1 Å². The second-order valence-corrected chi connectivity index (χ2v) is 4.35. The van der Waals surface area contributed by atoms with E-state index in [-0.39, 0.29) is 11.3 Å². The first kappa shape index (κ1) is 12.3. The molecule has 0 spiro atoms. The van der Waals surface area contributed by atoms with Crippen LogP contribution in [0.2, 0.25) is 0 Å². The number of H-pyrrole nitrogens is 1. The number of carbonyl (C=O) groups is 1. The molecule has 2 N–H and O–H groups in total. The summed E-state index contributed by atoms with van der Waals surface area (Å²) in [5.74, 6) is -0.552. The molecule has 0 aliphatic carbocycles. The van der Waals surface area contributed by atoms with Crippen LogP contribution in [0.4, 0.5) is 0 Å². The average molecular weight is 263 g/mol. The van der Waals surface area contributed by atoms with Crippen molar-refractivity contribution >= 4 is 17.7 Å². The quantitative estimate of drug-likeness (QED) is 0.634. The molecule has 2 heterocycles. The summed E-state index contributed by atoms with van der Waals surface area (Å²) < 4.78 is 0. The third kappa shape index (κ3) is 3.17. The van der Waals surface area contributed by atoms with Crippen LogP contribution in [0, 0.1) is 0 Å². The third-order valence-electron chi connectivity index (χ3n) is 2.07. The van der Waals surface area contributed by atoms with Gasteiger partial charge in [0.2, 0.25) is 0 Å². The molecule has 0 fully saturated rings. The molecule has 0 radical (unpaired) electrons. The molecular formula is C11H9N3O3S. The van der Waals surface area contributed by atoms with Gasteiger partial charge in [0.25, 0.3) is 5.56 Å². The van der Waals surface area contributed by atoms with Crippen molar-refractivity contribution in [3.8, 4) is 0 Å². The van der Waals surface area contributed by atoms with Crippen molar-refractivity contribution in [3.63, 3.8) is 0 Å². The number of pyridine rings is 1. The zero-order valence-electron chi connectivity index (χ0n) is 9.16. The number of aromatic amines is 1. The lowest BCUT2D eigenvalue weighted by Gasteiger charge is -2.01. The Kier molecular flexibility index (Phi) is 3.73. The Labute approximate surface area is 106 Å². The van der Waals surface area contributed by atoms with E-state index in [1.54, 1.807) is 6.07 Å². The fraction of sp³-hybridized carbons (Fsp3) is 0.0909. The molecule has 2 rings (SSSR count). The fourth-order valence-electron chi connectivity index (χ4n) is 1.26. The van der Waals surface area contributed by atoms with Crippen molar-refractivity contribution in [3.05, 3.63) is 52.2 Å². The van der Waals surface area contributed by atoms with Gasteiger partial charge in [-0.2, -0.15) is 0 Å². The van der Waals surface area contributed by atoms with Crippen molar-refractivity contribution in [2.45, 2.75) is 10.9 Å². The van der Waals surface area contributed by atoms with Crippen LogP contribution in [0.3, 0.4) is 0 Å². The molecule has 0 saturated carbocycles. The van der Waals surface area contributed by atoms with Gasteiger partial charge in [0.1, 0.15) is 5.69 Å². The van der Waals surface area contributed by atoms with Gasteiger partial charge in [-0.05, 0) is 17.7 Å². The molecule has 92 valence electrons. The molecule has 0 bridgehead atoms. The van der Waals surface area contributed by atoms with Gasteiger partial charge in [0.05, 0.1) is 0 Å². The van der Waals surface area contributed by atoms with Crippen molar-refractivity contribution < 1.29 is 9.90 Å². The minimum Gasteiger partial charge on any atom is -0.477 e. The number of carboxylic acids is 1. The van der Waals surface area contributed by atoms with Crippen LogP contribution in [0.25, 0.3) is 0 Å². The molecule has 0 saturated heterocycles. The molecule has 2 aromatic heterocycles. The van der Waals surface area contributed by atoms with E-state index in [9.17, 15) is 9.59 Å². The van der Waals surface area contributed by atoms with Crippen molar-refractivity contribution in [2.24, 2.45) is 0 Å². The van der Waals surface area contributed by atoms with Crippen LogP contribution < -0.4 is 5.56 Å². The van der Waals surface area contributed by atoms with E-state index in [1.807, 2.05) is 0 Å². The maximum Gasteiger partial charge on any atom is 0.354 e. The lowest BCUT2D eigenvalue weighted by molar-refractivity contribution is 0.0690. The number of nitrogens with one attached hydrogen (secondary N) is 1. The number of carboxylic acid groups (broad SMARTS) is 1. The predicted octanol–water partition coefficient (Wildman–Crippen LogP) is 1.16. The summed E-state index contributed by atoms with van der Waals surface area (Å²) in [5, 5.41) is 9.30. The van der Waals surface area contributed by atoms with E-state index in [2.05, 4.69) is 15.0 Å². The summed E-state index contributed by atoms with van der Waals surface area (Å²) in [6.07, 6.45) is 2.87. The molecule has 6 nitrogen and oxygen atoms in total. The van der Waals surface area contributed by atoms with Gasteiger partial charge in [-0.15, -0.1) is 0 Å². The molecule has 0 aliphatic heterocycles. The average Bonchev–Trinajstić information content (AvgIpc) is 2.37. The Balaban J connectivity index is 2.08. The van der Waals surface area contributed by atoms with E-state index in [4.69, 9.17) is 5.11 Å². The zero-order chi connectivity index (χ0) is 13.0. The monoisotopic (exact) mass is 263 g/mol. The van der Waals surface area contributed by atoms with Gasteiger partial charge < -0.3 is 10.1 Å². The zero-order valence-corrected chi connectivity index (χ0v) is 9.98. The second kappa shape index (κ2) is 5.46. The third-order valence-corrected chi connectivity index (χ3v) is 3.03. The molecule has 0 aliphatic rings. The smallest absolute Gasteiger partial charge is 0.354 e. The minimum absolute atomic E-state index is 0.00242. The van der Waals surface area contributed by atoms with Gasteiger partial charge in [-0.25, -0.2) is 14.8 Å². The van der Waals surface area contributed by atoms with Gasteiger partial charge in [-0.3, -0.25) is 4.79 Å². The molecule has 0 atom stereocenters. The maximum atomic E-state index is 11.0. The summed E-state index contributed by atoms with van der Waals surface area (Å²) in [7, 11) is 0. The van der Waals surface area contributed by atoms with Gasteiger partial charge in [0.15, 0.2) is 5.16 Å². The molecule has 0 unspecified atom stereocenters. The van der Waals surface area contributed by atoms with Crippen LogP contribution in [0.15, 0.2) is 40.5 Å². The number of aromatic carboxylic acids is 1. The highest BCUT2D eigenvalue weighted by Crippen LogP contribution is 2.17. The summed E-state index contributed by atoms with van der Waals surface area (Å²) in [6.45, 7) is 0. The van der Waals surface area contributed by atoms with E-state index in [1.165, 1.54) is 36.3 Å². The normalized spacial score (nSPS) is 10.2. The lowest BCUT2D eigenvalue weighted by atomic mass is 10.2. The first-order chi connectivity index (χ1) is 8.65. The van der Waals surface area contributed by atoms with Crippen molar-refractivity contribution in [2.75, 3.05) is 0 Å². The van der Waals surface area contributed by atoms with Gasteiger partial charge >= 0.3 is 5.97 Å². The van der Waals surface area contributed by atoms with E-state index >= 15 is 0 Å². The molecule has 0 amide bonds. The Morgan fingerprint density at radius 2 is 2.11 bits per heavy atom. The molecular weight excluding hydrogens is 254 g/mol. The highest BCUT2D eigenvalue weighted by atomic mass is 32.2. The topological polar surface area (TPSA) is 95.9 Å². The number of hydrogen-bond acceptors (Lipinski definition) is 5. The number of thioether (sulfide) groups is 1. The Bertz CT molecular complexity index is 627. The Hall–Kier alpha value is -2.15. The van der Waals surface area contributed by atoms with Crippen LogP contribution >= 0.6 is 11.8 Å². The highest BCUT2D eigenvalue weighted by Gasteiger charge is 2.05. The van der Waals surface area contributed by atoms with Crippen molar-refractivity contribution in [1.29, 1.82) is 0 Å². The molecule has 7 heteroatoms. The first-order valence-corrected chi connectivity index (χ1v) is 6.00. The minimum atomic E-state index is -1.06. The number of hydrogen-bond donors (Lipinski definition) is 2. The van der Waals surface area contributed by atoms with E-state index < -0.39 is 5.97 Å². The summed E-state index contributed by atoms with van der Waals surface area (Å²) in [4.78, 5) is 32.1. The highest BCUT2D eigenvalue weighted by molar-refractivity contribution is 7.98.